The highest BCUT2D eigenvalue weighted by molar-refractivity contribution is 6.74. The first-order valence-corrected chi connectivity index (χ1v) is 12.1. The smallest absolute Gasteiger partial charge is 0.334 e. The Kier molecular flexibility index (Phi) is 6.37. The van der Waals surface area contributed by atoms with Crippen LogP contribution in [0.15, 0.2) is 29.3 Å². The summed E-state index contributed by atoms with van der Waals surface area (Å²) in [5.41, 5.74) is 0.784. The molecule has 2 rings (SSSR count). The summed E-state index contributed by atoms with van der Waals surface area (Å²) in [5, 5.41) is 0.0559. The zero-order valence-corrected chi connectivity index (χ0v) is 18.5. The summed E-state index contributed by atoms with van der Waals surface area (Å²) >= 11 is 0. The number of carbonyl (C=O) groups is 1. The lowest BCUT2D eigenvalue weighted by Gasteiger charge is -2.39. The molecule has 0 aromatic heterocycles. The van der Waals surface area contributed by atoms with E-state index in [1.165, 1.54) is 7.11 Å². The van der Waals surface area contributed by atoms with Crippen molar-refractivity contribution in [1.29, 1.82) is 0 Å². The van der Waals surface area contributed by atoms with Crippen molar-refractivity contribution in [2.75, 3.05) is 14.2 Å². The fraction of sp³-hybridized carbons (Fsp3) is 0.600. The number of ether oxygens (including phenoxy) is 3. The maximum absolute atomic E-state index is 12.3. The molecule has 1 aromatic rings. The lowest BCUT2D eigenvalue weighted by Crippen LogP contribution is -2.49. The van der Waals surface area contributed by atoms with Crippen LogP contribution in [0, 0.1) is 0 Å². The fourth-order valence-corrected chi connectivity index (χ4v) is 4.09. The molecular formula is C20H31NO5Si. The highest BCUT2D eigenvalue weighted by Gasteiger charge is 2.46. The average molecular weight is 394 g/mol. The van der Waals surface area contributed by atoms with Crippen molar-refractivity contribution in [3.05, 3.63) is 29.8 Å². The summed E-state index contributed by atoms with van der Waals surface area (Å²) < 4.78 is 22.7. The molecule has 1 aliphatic heterocycles. The van der Waals surface area contributed by atoms with Crippen LogP contribution < -0.4 is 4.74 Å². The molecule has 3 atom stereocenters. The summed E-state index contributed by atoms with van der Waals surface area (Å²) in [6, 6.07) is 6.63. The highest BCUT2D eigenvalue weighted by Crippen LogP contribution is 2.38. The van der Waals surface area contributed by atoms with Crippen molar-refractivity contribution in [1.82, 2.24) is 0 Å². The van der Waals surface area contributed by atoms with Gasteiger partial charge in [0.1, 0.15) is 5.75 Å². The molecular weight excluding hydrogens is 362 g/mol. The largest absolute Gasteiger partial charge is 0.497 e. The molecule has 0 saturated carbocycles. The third-order valence-corrected chi connectivity index (χ3v) is 9.92. The Hall–Kier alpha value is -1.86. The summed E-state index contributed by atoms with van der Waals surface area (Å²) in [7, 11) is 0.950. The molecule has 0 amide bonds. The van der Waals surface area contributed by atoms with Gasteiger partial charge in [-0.2, -0.15) is 0 Å². The summed E-state index contributed by atoms with van der Waals surface area (Å²) in [6.45, 7) is 12.8. The zero-order chi connectivity index (χ0) is 20.4. The minimum atomic E-state index is -2.02. The van der Waals surface area contributed by atoms with Crippen molar-refractivity contribution >= 4 is 20.2 Å². The van der Waals surface area contributed by atoms with E-state index in [1.807, 2.05) is 31.2 Å². The van der Waals surface area contributed by atoms with Gasteiger partial charge in [0.2, 0.25) is 5.90 Å². The van der Waals surface area contributed by atoms with Gasteiger partial charge in [-0.15, -0.1) is 0 Å². The molecule has 7 heteroatoms. The van der Waals surface area contributed by atoms with Gasteiger partial charge in [0, 0.05) is 5.56 Å². The normalized spacial score (nSPS) is 21.3. The van der Waals surface area contributed by atoms with Crippen LogP contribution in [0.2, 0.25) is 18.1 Å². The van der Waals surface area contributed by atoms with Crippen molar-refractivity contribution < 1.29 is 23.4 Å². The average Bonchev–Trinajstić information content (AvgIpc) is 3.05. The van der Waals surface area contributed by atoms with Crippen molar-refractivity contribution in [3.8, 4) is 5.75 Å². The van der Waals surface area contributed by atoms with Crippen LogP contribution >= 0.6 is 0 Å². The van der Waals surface area contributed by atoms with Gasteiger partial charge in [-0.1, -0.05) is 20.8 Å². The standard InChI is InChI=1S/C20H31NO5Si/c1-13(26-27(7,8)20(2,3)4)17-16(19(22)24-6)21-18(25-17)14-9-11-15(23-5)12-10-14/h9-13,16-17H,1-8H3/t13-,16-,17+/m0/s1. The predicted octanol–water partition coefficient (Wildman–Crippen LogP) is 3.79. The minimum Gasteiger partial charge on any atom is -0.497 e. The molecule has 0 spiro atoms. The van der Waals surface area contributed by atoms with Gasteiger partial charge in [0.15, 0.2) is 20.5 Å². The lowest BCUT2D eigenvalue weighted by molar-refractivity contribution is -0.145. The van der Waals surface area contributed by atoms with Gasteiger partial charge < -0.3 is 18.6 Å². The third kappa shape index (κ3) is 4.71. The Morgan fingerprint density at radius 1 is 1.19 bits per heavy atom. The number of methoxy groups -OCH3 is 2. The number of esters is 1. The summed E-state index contributed by atoms with van der Waals surface area (Å²) in [5.74, 6) is 0.742. The van der Waals surface area contributed by atoms with E-state index in [2.05, 4.69) is 38.9 Å². The van der Waals surface area contributed by atoms with Crippen LogP contribution in [0.25, 0.3) is 0 Å². The summed E-state index contributed by atoms with van der Waals surface area (Å²) in [6.07, 6.45) is -0.821. The lowest BCUT2D eigenvalue weighted by atomic mass is 10.1. The fourth-order valence-electron chi connectivity index (χ4n) is 2.67. The molecule has 0 unspecified atom stereocenters. The maximum Gasteiger partial charge on any atom is 0.334 e. The highest BCUT2D eigenvalue weighted by atomic mass is 28.4. The van der Waals surface area contributed by atoms with E-state index in [4.69, 9.17) is 18.6 Å². The van der Waals surface area contributed by atoms with E-state index >= 15 is 0 Å². The molecule has 150 valence electrons. The van der Waals surface area contributed by atoms with E-state index in [-0.39, 0.29) is 11.1 Å². The number of hydrogen-bond acceptors (Lipinski definition) is 6. The monoisotopic (exact) mass is 393 g/mol. The summed E-state index contributed by atoms with van der Waals surface area (Å²) in [4.78, 5) is 16.8. The second-order valence-electron chi connectivity index (χ2n) is 8.30. The first kappa shape index (κ1) is 21.4. The van der Waals surface area contributed by atoms with Gasteiger partial charge in [-0.05, 0) is 49.3 Å². The first-order valence-electron chi connectivity index (χ1n) is 9.14. The topological polar surface area (TPSA) is 66.4 Å². The molecule has 1 aliphatic rings. The van der Waals surface area contributed by atoms with Crippen LogP contribution in [0.3, 0.4) is 0 Å². The minimum absolute atomic E-state index is 0.0559. The van der Waals surface area contributed by atoms with E-state index in [0.29, 0.717) is 5.90 Å². The first-order chi connectivity index (χ1) is 12.5. The number of aliphatic imine (C=N–C) groups is 1. The molecule has 1 heterocycles. The SMILES string of the molecule is COC(=O)[C@H]1N=C(c2ccc(OC)cc2)O[C@@H]1[C@H](C)O[Si](C)(C)C(C)(C)C. The van der Waals surface area contributed by atoms with E-state index in [0.717, 1.165) is 11.3 Å². The number of hydrogen-bond donors (Lipinski definition) is 0. The van der Waals surface area contributed by atoms with Gasteiger partial charge in [-0.3, -0.25) is 0 Å². The molecule has 0 saturated heterocycles. The Morgan fingerprint density at radius 3 is 2.26 bits per heavy atom. The van der Waals surface area contributed by atoms with E-state index < -0.39 is 26.4 Å². The molecule has 1 aromatic carbocycles. The van der Waals surface area contributed by atoms with Crippen molar-refractivity contribution in [2.45, 2.75) is 64.1 Å². The van der Waals surface area contributed by atoms with Crippen LogP contribution in [-0.4, -0.2) is 52.7 Å². The third-order valence-electron chi connectivity index (χ3n) is 5.34. The van der Waals surface area contributed by atoms with Crippen LogP contribution in [0.5, 0.6) is 5.75 Å². The van der Waals surface area contributed by atoms with Gasteiger partial charge in [0.25, 0.3) is 0 Å². The molecule has 0 radical (unpaired) electrons. The quantitative estimate of drug-likeness (QED) is 0.543. The Labute approximate surface area is 163 Å². The maximum atomic E-state index is 12.3. The van der Waals surface area contributed by atoms with Crippen molar-refractivity contribution in [3.63, 3.8) is 0 Å². The van der Waals surface area contributed by atoms with E-state index in [1.54, 1.807) is 7.11 Å². The van der Waals surface area contributed by atoms with Crippen LogP contribution in [0.1, 0.15) is 33.3 Å². The van der Waals surface area contributed by atoms with Gasteiger partial charge >= 0.3 is 5.97 Å². The van der Waals surface area contributed by atoms with Crippen molar-refractivity contribution in [2.24, 2.45) is 4.99 Å². The molecule has 0 aliphatic carbocycles. The Morgan fingerprint density at radius 2 is 1.78 bits per heavy atom. The van der Waals surface area contributed by atoms with Crippen LogP contribution in [-0.2, 0) is 18.7 Å². The second-order valence-corrected chi connectivity index (χ2v) is 13.1. The second kappa shape index (κ2) is 8.02. The molecule has 27 heavy (non-hydrogen) atoms. The predicted molar refractivity (Wildman–Crippen MR) is 108 cm³/mol. The van der Waals surface area contributed by atoms with Gasteiger partial charge in [-0.25, -0.2) is 9.79 Å². The number of rotatable bonds is 6. The van der Waals surface area contributed by atoms with Crippen LogP contribution in [0.4, 0.5) is 0 Å². The Bertz CT molecular complexity index is 693. The molecule has 6 nitrogen and oxygen atoms in total. The molecule has 0 N–H and O–H groups in total. The molecule has 0 bridgehead atoms. The zero-order valence-electron chi connectivity index (χ0n) is 17.5. The van der Waals surface area contributed by atoms with Gasteiger partial charge in [0.05, 0.1) is 20.3 Å². The van der Waals surface area contributed by atoms with E-state index in [9.17, 15) is 4.79 Å². The number of nitrogens with zero attached hydrogens (tertiary/aromatic N) is 1. The Balaban J connectivity index is 2.24. The number of benzene rings is 1. The number of carbonyl (C=O) groups excluding carboxylic acids is 1. The molecule has 0 fully saturated rings.